The Morgan fingerprint density at radius 3 is 1.10 bits per heavy atom. The monoisotopic (exact) mass is 458 g/mol. The number of halogens is 8. The van der Waals surface area contributed by atoms with Crippen molar-refractivity contribution in [2.75, 3.05) is 0 Å². The third kappa shape index (κ3) is 3.90. The van der Waals surface area contributed by atoms with Crippen LogP contribution in [0.15, 0.2) is 36.4 Å². The van der Waals surface area contributed by atoms with Gasteiger partial charge in [-0.3, -0.25) is 0 Å². The molecule has 0 aromatic heterocycles. The van der Waals surface area contributed by atoms with Gasteiger partial charge in [0.15, 0.2) is 0 Å². The minimum atomic E-state index is -4.08. The molecule has 0 unspecified atom stereocenters. The quantitative estimate of drug-likeness (QED) is 0.389. The average Bonchev–Trinajstić information content (AvgIpc) is 2.26. The third-order valence-corrected chi connectivity index (χ3v) is 11.0. The maximum atomic E-state index is 13.2. The fourth-order valence-electron chi connectivity index (χ4n) is 1.44. The summed E-state index contributed by atoms with van der Waals surface area (Å²) in [6.45, 7) is 0. The third-order valence-electron chi connectivity index (χ3n) is 2.20. The van der Waals surface area contributed by atoms with E-state index in [-0.39, 0.29) is 19.5 Å². The first kappa shape index (κ1) is 17.8. The zero-order valence-corrected chi connectivity index (χ0v) is 13.9. The molecule has 0 aliphatic rings. The maximum absolute atomic E-state index is 13.2. The van der Waals surface area contributed by atoms with Crippen molar-refractivity contribution in [2.24, 2.45) is 0 Å². The predicted octanol–water partition coefficient (Wildman–Crippen LogP) is -1.25. The molecular weight excluding hydrogens is 453 g/mol. The van der Waals surface area contributed by atoms with Gasteiger partial charge in [0.2, 0.25) is 0 Å². The zero-order valence-electron chi connectivity index (χ0n) is 9.49. The van der Waals surface area contributed by atoms with Crippen molar-refractivity contribution in [2.45, 2.75) is 0 Å². The molecule has 0 saturated carbocycles. The normalized spacial score (nSPS) is 11.9. The molecule has 0 aliphatic carbocycles. The van der Waals surface area contributed by atoms with Gasteiger partial charge in [0.05, 0.1) is 0 Å². The van der Waals surface area contributed by atoms with Crippen molar-refractivity contribution in [3.63, 3.8) is 0 Å². The summed E-state index contributed by atoms with van der Waals surface area (Å²) in [7, 11) is 12.3. The van der Waals surface area contributed by atoms with Gasteiger partial charge >= 0.3 is 118 Å². The number of hydrogen-bond acceptors (Lipinski definition) is 0. The molecule has 0 spiro atoms. The molecular formula is C12H6Cl3F4I. The molecule has 0 fully saturated rings. The van der Waals surface area contributed by atoms with Crippen molar-refractivity contribution in [3.05, 3.63) is 66.8 Å². The number of benzene rings is 2. The first-order valence-corrected chi connectivity index (χ1v) is 12.5. The fourth-order valence-corrected chi connectivity index (χ4v) is 7.13. The Morgan fingerprint density at radius 2 is 0.850 bits per heavy atom. The van der Waals surface area contributed by atoms with Crippen LogP contribution in [0.2, 0.25) is 0 Å². The van der Waals surface area contributed by atoms with E-state index in [1.807, 2.05) is 0 Å². The van der Waals surface area contributed by atoms with Crippen LogP contribution >= 0.6 is 17.8 Å². The SMILES string of the molecule is Fc1cc(F)cc([I+](Cl)(Cl)c2cc(F)cc(F)c2)c1.[Cl-]. The van der Waals surface area contributed by atoms with Gasteiger partial charge in [-0.15, -0.1) is 0 Å². The van der Waals surface area contributed by atoms with Crippen LogP contribution in [0.25, 0.3) is 0 Å². The van der Waals surface area contributed by atoms with E-state index in [9.17, 15) is 17.6 Å². The average molecular weight is 459 g/mol. The molecule has 8 heteroatoms. The first-order chi connectivity index (χ1) is 8.79. The van der Waals surface area contributed by atoms with Crippen LogP contribution in [-0.4, -0.2) is 0 Å². The summed E-state index contributed by atoms with van der Waals surface area (Å²) >= 11 is -4.08. The van der Waals surface area contributed by atoms with Crippen molar-refractivity contribution < 1.29 is 46.1 Å². The van der Waals surface area contributed by atoms with Crippen LogP contribution in [0.3, 0.4) is 0 Å². The van der Waals surface area contributed by atoms with Crippen LogP contribution in [0, 0.1) is 30.4 Å². The van der Waals surface area contributed by atoms with Gasteiger partial charge in [-0.2, -0.15) is 0 Å². The van der Waals surface area contributed by atoms with E-state index >= 15 is 0 Å². The van der Waals surface area contributed by atoms with Crippen molar-refractivity contribution in [1.82, 2.24) is 0 Å². The summed E-state index contributed by atoms with van der Waals surface area (Å²) in [5, 5.41) is 0. The summed E-state index contributed by atoms with van der Waals surface area (Å²) < 4.78 is 52.7. The molecule has 0 atom stereocenters. The van der Waals surface area contributed by atoms with Crippen LogP contribution < -0.4 is 28.6 Å². The van der Waals surface area contributed by atoms with Crippen molar-refractivity contribution in [3.8, 4) is 0 Å². The van der Waals surface area contributed by atoms with Gasteiger partial charge in [0, 0.05) is 0 Å². The summed E-state index contributed by atoms with van der Waals surface area (Å²) in [4.78, 5) is 0. The van der Waals surface area contributed by atoms with E-state index in [1.54, 1.807) is 0 Å². The maximum Gasteiger partial charge on any atom is -1.00 e. The Labute approximate surface area is 130 Å². The van der Waals surface area contributed by atoms with Crippen molar-refractivity contribution >= 4 is 17.8 Å². The van der Waals surface area contributed by atoms with E-state index in [0.717, 1.165) is 24.3 Å². The Morgan fingerprint density at radius 1 is 0.600 bits per heavy atom. The largest absolute Gasteiger partial charge is 1.00 e. The van der Waals surface area contributed by atoms with E-state index in [1.165, 1.54) is 0 Å². The van der Waals surface area contributed by atoms with E-state index in [0.29, 0.717) is 12.1 Å². The van der Waals surface area contributed by atoms with E-state index < -0.39 is 39.4 Å². The number of hydrogen-bond donors (Lipinski definition) is 0. The molecule has 0 amide bonds. The van der Waals surface area contributed by atoms with Gasteiger partial charge in [0.25, 0.3) is 0 Å². The molecule has 0 nitrogen and oxygen atoms in total. The van der Waals surface area contributed by atoms with Crippen LogP contribution in [-0.2, 0) is 0 Å². The molecule has 0 radical (unpaired) electrons. The zero-order chi connectivity index (χ0) is 14.2. The van der Waals surface area contributed by atoms with Crippen molar-refractivity contribution in [1.29, 1.82) is 0 Å². The standard InChI is InChI=1S/C12H6Cl2F4I.ClH/c13-19(14,11-3-7(15)1-8(16)4-11)12-5-9(17)2-10(18)6-12;/h1-6H;1H/q+1;/p-1. The molecule has 0 saturated heterocycles. The Hall–Kier alpha value is -0.240. The van der Waals surface area contributed by atoms with Crippen LogP contribution in [0.1, 0.15) is 0 Å². The summed E-state index contributed by atoms with van der Waals surface area (Å²) in [5.41, 5.74) is 0. The predicted molar refractivity (Wildman–Crippen MR) is 61.8 cm³/mol. The first-order valence-electron chi connectivity index (χ1n) is 4.88. The Kier molecular flexibility index (Phi) is 5.95. The minimum absolute atomic E-state index is 0. The smallest absolute Gasteiger partial charge is 1.00 e. The van der Waals surface area contributed by atoms with Crippen LogP contribution in [0.5, 0.6) is 0 Å². The summed E-state index contributed by atoms with van der Waals surface area (Å²) in [5.74, 6) is -3.38. The Bertz CT molecular complexity index is 540. The molecule has 0 N–H and O–H groups in total. The summed E-state index contributed by atoms with van der Waals surface area (Å²) in [6, 6.07) is 5.23. The molecule has 0 bridgehead atoms. The van der Waals surface area contributed by atoms with Crippen LogP contribution in [0.4, 0.5) is 17.6 Å². The topological polar surface area (TPSA) is 0 Å². The second-order valence-corrected chi connectivity index (χ2v) is 15.3. The number of rotatable bonds is 2. The summed E-state index contributed by atoms with van der Waals surface area (Å²) in [6.07, 6.45) is 0. The van der Waals surface area contributed by atoms with Gasteiger partial charge in [-0.25, -0.2) is 0 Å². The van der Waals surface area contributed by atoms with E-state index in [4.69, 9.17) is 17.8 Å². The fraction of sp³-hybridized carbons (Fsp3) is 0. The van der Waals surface area contributed by atoms with Gasteiger partial charge in [-0.1, -0.05) is 0 Å². The van der Waals surface area contributed by atoms with E-state index in [2.05, 4.69) is 0 Å². The molecule has 0 aliphatic heterocycles. The van der Waals surface area contributed by atoms with Gasteiger partial charge in [0.1, 0.15) is 0 Å². The minimum Gasteiger partial charge on any atom is -1.00 e. The van der Waals surface area contributed by atoms with Gasteiger partial charge < -0.3 is 12.4 Å². The second-order valence-electron chi connectivity index (χ2n) is 3.61. The molecule has 110 valence electrons. The molecule has 0 heterocycles. The molecule has 2 aromatic rings. The Balaban J connectivity index is 0.00000200. The second kappa shape index (κ2) is 6.68. The van der Waals surface area contributed by atoms with Gasteiger partial charge in [-0.05, 0) is 0 Å². The molecule has 2 aromatic carbocycles. The molecule has 20 heavy (non-hydrogen) atoms. The molecule has 2 rings (SSSR count).